The van der Waals surface area contributed by atoms with Crippen LogP contribution in [-0.4, -0.2) is 23.8 Å². The highest BCUT2D eigenvalue weighted by Gasteiger charge is 2.20. The lowest BCUT2D eigenvalue weighted by Gasteiger charge is -2.17. The van der Waals surface area contributed by atoms with Crippen LogP contribution in [0.4, 0.5) is 0 Å². The van der Waals surface area contributed by atoms with Crippen molar-refractivity contribution in [1.82, 2.24) is 10.6 Å². The van der Waals surface area contributed by atoms with E-state index in [0.717, 1.165) is 15.6 Å². The van der Waals surface area contributed by atoms with Crippen molar-refractivity contribution in [3.8, 4) is 0 Å². The van der Waals surface area contributed by atoms with E-state index in [1.165, 1.54) is 0 Å². The normalized spacial score (nSPS) is 12.7. The number of hydrogen-bond acceptors (Lipinski definition) is 3. The lowest BCUT2D eigenvalue weighted by atomic mass is 10.0. The Hall–Kier alpha value is -2.38. The molecule has 0 aliphatic carbocycles. The third kappa shape index (κ3) is 7.51. The first-order chi connectivity index (χ1) is 13.8. The second-order valence-electron chi connectivity index (χ2n) is 6.66. The van der Waals surface area contributed by atoms with Crippen molar-refractivity contribution in [1.29, 1.82) is 0 Å². The standard InChI is InChI=1S/C21H23BrClN3O3/c1-13(14-5-3-2-4-6-14)25-19(27)9-10-20(28)26-18(21(24)29)12-15-11-16(23)7-8-17(15)22/h2-8,11,13,18H,9-10,12H2,1H3,(H2,24,29)(H,25,27)(H,26,28)/t13-,18+/m1/s1. The number of primary amides is 1. The van der Waals surface area contributed by atoms with E-state index >= 15 is 0 Å². The van der Waals surface area contributed by atoms with Gasteiger partial charge in [0.1, 0.15) is 6.04 Å². The van der Waals surface area contributed by atoms with Gasteiger partial charge in [0.15, 0.2) is 0 Å². The summed E-state index contributed by atoms with van der Waals surface area (Å²) in [6.45, 7) is 1.87. The summed E-state index contributed by atoms with van der Waals surface area (Å²) in [6, 6.07) is 13.6. The second-order valence-corrected chi connectivity index (χ2v) is 7.95. The van der Waals surface area contributed by atoms with Crippen molar-refractivity contribution < 1.29 is 14.4 Å². The molecule has 8 heteroatoms. The summed E-state index contributed by atoms with van der Waals surface area (Å²) in [4.78, 5) is 36.1. The molecule has 2 rings (SSSR count). The third-order valence-corrected chi connectivity index (χ3v) is 5.38. The molecular weight excluding hydrogens is 458 g/mol. The maximum absolute atomic E-state index is 12.2. The number of rotatable bonds is 9. The predicted octanol–water partition coefficient (Wildman–Crippen LogP) is 3.27. The summed E-state index contributed by atoms with van der Waals surface area (Å²) < 4.78 is 0.761. The van der Waals surface area contributed by atoms with Gasteiger partial charge >= 0.3 is 0 Å². The van der Waals surface area contributed by atoms with E-state index in [1.807, 2.05) is 37.3 Å². The molecule has 2 aromatic rings. The van der Waals surface area contributed by atoms with Crippen LogP contribution >= 0.6 is 27.5 Å². The maximum atomic E-state index is 12.2. The van der Waals surface area contributed by atoms with Gasteiger partial charge in [-0.05, 0) is 36.2 Å². The number of benzene rings is 2. The Morgan fingerprint density at radius 3 is 2.28 bits per heavy atom. The molecule has 154 valence electrons. The third-order valence-electron chi connectivity index (χ3n) is 4.37. The minimum absolute atomic E-state index is 0.00927. The average molecular weight is 481 g/mol. The Morgan fingerprint density at radius 2 is 1.66 bits per heavy atom. The molecule has 6 nitrogen and oxygen atoms in total. The van der Waals surface area contributed by atoms with E-state index in [1.54, 1.807) is 18.2 Å². The van der Waals surface area contributed by atoms with Gasteiger partial charge in [-0.1, -0.05) is 57.9 Å². The summed E-state index contributed by atoms with van der Waals surface area (Å²) in [5.41, 5.74) is 7.15. The minimum atomic E-state index is -0.899. The first-order valence-corrected chi connectivity index (χ1v) is 10.3. The fourth-order valence-electron chi connectivity index (χ4n) is 2.77. The molecule has 0 unspecified atom stereocenters. The summed E-state index contributed by atoms with van der Waals surface area (Å²) in [7, 11) is 0. The van der Waals surface area contributed by atoms with E-state index in [2.05, 4.69) is 26.6 Å². The second kappa shape index (κ2) is 11.0. The van der Waals surface area contributed by atoms with E-state index in [4.69, 9.17) is 17.3 Å². The fourth-order valence-corrected chi connectivity index (χ4v) is 3.38. The Balaban J connectivity index is 1.86. The van der Waals surface area contributed by atoms with Crippen molar-refractivity contribution in [2.45, 2.75) is 38.3 Å². The van der Waals surface area contributed by atoms with Crippen LogP contribution < -0.4 is 16.4 Å². The highest BCUT2D eigenvalue weighted by molar-refractivity contribution is 9.10. The summed E-state index contributed by atoms with van der Waals surface area (Å²) in [6.07, 6.45) is 0.155. The SMILES string of the molecule is C[C@@H](NC(=O)CCC(=O)N[C@@H](Cc1cc(Cl)ccc1Br)C(N)=O)c1ccccc1. The van der Waals surface area contributed by atoms with Gasteiger partial charge in [0, 0.05) is 28.8 Å². The van der Waals surface area contributed by atoms with Crippen molar-refractivity contribution >= 4 is 45.3 Å². The van der Waals surface area contributed by atoms with Gasteiger partial charge in [0.2, 0.25) is 17.7 Å². The monoisotopic (exact) mass is 479 g/mol. The molecule has 0 heterocycles. The van der Waals surface area contributed by atoms with Crippen molar-refractivity contribution in [2.75, 3.05) is 0 Å². The molecule has 0 saturated carbocycles. The minimum Gasteiger partial charge on any atom is -0.368 e. The number of carbonyl (C=O) groups is 3. The summed E-state index contributed by atoms with van der Waals surface area (Å²) >= 11 is 9.38. The Kier molecular flexibility index (Phi) is 8.67. The van der Waals surface area contributed by atoms with Crippen molar-refractivity contribution in [3.05, 3.63) is 69.2 Å². The molecule has 0 radical (unpaired) electrons. The number of amides is 3. The lowest BCUT2D eigenvalue weighted by molar-refractivity contribution is -0.129. The first-order valence-electron chi connectivity index (χ1n) is 9.13. The highest BCUT2D eigenvalue weighted by Crippen LogP contribution is 2.22. The van der Waals surface area contributed by atoms with Gasteiger partial charge in [-0.25, -0.2) is 0 Å². The van der Waals surface area contributed by atoms with Gasteiger partial charge in [-0.15, -0.1) is 0 Å². The number of halogens is 2. The molecule has 2 aromatic carbocycles. The zero-order chi connectivity index (χ0) is 21.4. The average Bonchev–Trinajstić information content (AvgIpc) is 2.69. The molecule has 0 saturated heterocycles. The van der Waals surface area contributed by atoms with Crippen LogP contribution in [0.2, 0.25) is 5.02 Å². The summed E-state index contributed by atoms with van der Waals surface area (Å²) in [5.74, 6) is -1.33. The number of hydrogen-bond donors (Lipinski definition) is 3. The van der Waals surface area contributed by atoms with Gasteiger partial charge in [-0.3, -0.25) is 14.4 Å². The van der Waals surface area contributed by atoms with Gasteiger partial charge in [0.25, 0.3) is 0 Å². The molecule has 0 bridgehead atoms. The van der Waals surface area contributed by atoms with Crippen LogP contribution in [0.1, 0.15) is 36.9 Å². The molecule has 0 spiro atoms. The van der Waals surface area contributed by atoms with E-state index in [0.29, 0.717) is 5.02 Å². The van der Waals surface area contributed by atoms with Crippen LogP contribution in [-0.2, 0) is 20.8 Å². The summed E-state index contributed by atoms with van der Waals surface area (Å²) in [5, 5.41) is 5.96. The molecule has 4 N–H and O–H groups in total. The smallest absolute Gasteiger partial charge is 0.240 e. The Morgan fingerprint density at radius 1 is 1.03 bits per heavy atom. The Bertz CT molecular complexity index is 877. The van der Waals surface area contributed by atoms with Crippen LogP contribution in [0.5, 0.6) is 0 Å². The van der Waals surface area contributed by atoms with Crippen molar-refractivity contribution in [2.24, 2.45) is 5.73 Å². The highest BCUT2D eigenvalue weighted by atomic mass is 79.9. The van der Waals surface area contributed by atoms with Gasteiger partial charge < -0.3 is 16.4 Å². The molecule has 0 fully saturated rings. The largest absolute Gasteiger partial charge is 0.368 e. The van der Waals surface area contributed by atoms with Gasteiger partial charge in [-0.2, -0.15) is 0 Å². The first kappa shape index (κ1) is 22.9. The van der Waals surface area contributed by atoms with Crippen molar-refractivity contribution in [3.63, 3.8) is 0 Å². The van der Waals surface area contributed by atoms with Crippen LogP contribution in [0.3, 0.4) is 0 Å². The molecule has 2 atom stereocenters. The predicted molar refractivity (Wildman–Crippen MR) is 116 cm³/mol. The topological polar surface area (TPSA) is 101 Å². The van der Waals surface area contributed by atoms with E-state index in [9.17, 15) is 14.4 Å². The zero-order valence-electron chi connectivity index (χ0n) is 16.0. The maximum Gasteiger partial charge on any atom is 0.240 e. The molecule has 0 aromatic heterocycles. The molecule has 29 heavy (non-hydrogen) atoms. The number of nitrogens with two attached hydrogens (primary N) is 1. The van der Waals surface area contributed by atoms with E-state index in [-0.39, 0.29) is 31.2 Å². The molecule has 0 aliphatic rings. The lowest BCUT2D eigenvalue weighted by Crippen LogP contribution is -2.46. The molecule has 0 aliphatic heterocycles. The quantitative estimate of drug-likeness (QED) is 0.513. The van der Waals surface area contributed by atoms with Crippen LogP contribution in [0.15, 0.2) is 53.0 Å². The van der Waals surface area contributed by atoms with E-state index < -0.39 is 17.9 Å². The number of nitrogens with one attached hydrogen (secondary N) is 2. The Labute approximate surface area is 183 Å². The van der Waals surface area contributed by atoms with Crippen LogP contribution in [0, 0.1) is 0 Å². The number of carbonyl (C=O) groups excluding carboxylic acids is 3. The fraction of sp³-hybridized carbons (Fsp3) is 0.286. The molecule has 3 amide bonds. The zero-order valence-corrected chi connectivity index (χ0v) is 18.3. The molecular formula is C21H23BrClN3O3. The van der Waals surface area contributed by atoms with Gasteiger partial charge in [0.05, 0.1) is 6.04 Å². The van der Waals surface area contributed by atoms with Crippen LogP contribution in [0.25, 0.3) is 0 Å².